The standard InChI is InChI=1S/C31H22N2O2/c1-33-28-9-5-3-7-23(28)18-26(31(33)35)21-10-12-22(13-11-21)29(34)19-24-16-17-32-27-15-14-20-6-2-4-8-25(20)30(24)27/h2-18H,19H2,1H3. The van der Waals surface area contributed by atoms with Crippen LogP contribution in [0.25, 0.3) is 43.7 Å². The van der Waals surface area contributed by atoms with Gasteiger partial charge in [-0.3, -0.25) is 14.6 Å². The molecule has 0 radical (unpaired) electrons. The quantitative estimate of drug-likeness (QED) is 0.231. The Labute approximate surface area is 202 Å². The van der Waals surface area contributed by atoms with Gasteiger partial charge in [-0.25, -0.2) is 0 Å². The molecule has 4 nitrogen and oxygen atoms in total. The number of carbonyl (C=O) groups excluding carboxylic acids is 1. The van der Waals surface area contributed by atoms with Crippen molar-refractivity contribution in [1.29, 1.82) is 0 Å². The van der Waals surface area contributed by atoms with Crippen molar-refractivity contribution in [2.75, 3.05) is 0 Å². The zero-order valence-electron chi connectivity index (χ0n) is 19.2. The molecule has 0 aliphatic rings. The predicted octanol–water partition coefficient (Wildman–Crippen LogP) is 6.33. The molecule has 0 spiro atoms. The molecule has 2 heterocycles. The summed E-state index contributed by atoms with van der Waals surface area (Å²) < 4.78 is 1.67. The first-order valence-electron chi connectivity index (χ1n) is 11.6. The van der Waals surface area contributed by atoms with Gasteiger partial charge in [0.25, 0.3) is 5.56 Å². The van der Waals surface area contributed by atoms with Gasteiger partial charge in [-0.05, 0) is 51.6 Å². The van der Waals surface area contributed by atoms with Crippen LogP contribution in [0.4, 0.5) is 0 Å². The molecule has 0 bridgehead atoms. The van der Waals surface area contributed by atoms with Gasteiger partial charge in [-0.15, -0.1) is 0 Å². The van der Waals surface area contributed by atoms with Gasteiger partial charge in [-0.2, -0.15) is 0 Å². The molecule has 2 aromatic heterocycles. The second kappa shape index (κ2) is 8.33. The molecular weight excluding hydrogens is 432 g/mol. The average molecular weight is 455 g/mol. The van der Waals surface area contributed by atoms with Crippen LogP contribution in [0.3, 0.4) is 0 Å². The molecule has 0 N–H and O–H groups in total. The normalized spacial score (nSPS) is 11.3. The van der Waals surface area contributed by atoms with Crippen LogP contribution >= 0.6 is 0 Å². The van der Waals surface area contributed by atoms with E-state index < -0.39 is 0 Å². The Morgan fingerprint density at radius 2 is 1.57 bits per heavy atom. The summed E-state index contributed by atoms with van der Waals surface area (Å²) in [7, 11) is 1.79. The maximum Gasteiger partial charge on any atom is 0.258 e. The van der Waals surface area contributed by atoms with Gasteiger partial charge >= 0.3 is 0 Å². The minimum atomic E-state index is -0.0575. The summed E-state index contributed by atoms with van der Waals surface area (Å²) in [5.41, 5.74) is 4.73. The van der Waals surface area contributed by atoms with Crippen LogP contribution in [-0.4, -0.2) is 15.3 Å². The van der Waals surface area contributed by atoms with E-state index in [4.69, 9.17) is 0 Å². The molecule has 0 aliphatic heterocycles. The van der Waals surface area contributed by atoms with E-state index in [0.29, 0.717) is 11.1 Å². The number of fused-ring (bicyclic) bond motifs is 4. The van der Waals surface area contributed by atoms with E-state index in [1.165, 1.54) is 0 Å². The highest BCUT2D eigenvalue weighted by atomic mass is 16.1. The zero-order chi connectivity index (χ0) is 23.9. The Morgan fingerprint density at radius 1 is 0.829 bits per heavy atom. The molecule has 35 heavy (non-hydrogen) atoms. The third kappa shape index (κ3) is 3.60. The number of aryl methyl sites for hydroxylation is 1. The fraction of sp³-hybridized carbons (Fsp3) is 0.0645. The lowest BCUT2D eigenvalue weighted by Gasteiger charge is -2.10. The van der Waals surface area contributed by atoms with Gasteiger partial charge in [0, 0.05) is 36.2 Å². The molecule has 6 aromatic rings. The van der Waals surface area contributed by atoms with Crippen molar-refractivity contribution in [1.82, 2.24) is 9.55 Å². The number of Topliss-reactive ketones (excluding diaryl/α,β-unsaturated/α-hetero) is 1. The number of ketones is 1. The smallest absolute Gasteiger partial charge is 0.258 e. The highest BCUT2D eigenvalue weighted by Crippen LogP contribution is 2.28. The Kier molecular flexibility index (Phi) is 5.00. The van der Waals surface area contributed by atoms with Crippen LogP contribution in [0.15, 0.2) is 108 Å². The van der Waals surface area contributed by atoms with Crippen LogP contribution in [-0.2, 0) is 13.5 Å². The number of rotatable bonds is 4. The van der Waals surface area contributed by atoms with E-state index in [9.17, 15) is 9.59 Å². The molecule has 0 amide bonds. The molecule has 0 fully saturated rings. The zero-order valence-corrected chi connectivity index (χ0v) is 19.2. The van der Waals surface area contributed by atoms with Crippen LogP contribution < -0.4 is 5.56 Å². The molecule has 168 valence electrons. The van der Waals surface area contributed by atoms with Crippen molar-refractivity contribution in [2.24, 2.45) is 7.05 Å². The van der Waals surface area contributed by atoms with Gasteiger partial charge in [0.15, 0.2) is 5.78 Å². The number of hydrogen-bond donors (Lipinski definition) is 0. The highest BCUT2D eigenvalue weighted by molar-refractivity contribution is 6.10. The minimum absolute atomic E-state index is 0.0309. The van der Waals surface area contributed by atoms with E-state index in [1.54, 1.807) is 17.8 Å². The third-order valence-corrected chi connectivity index (χ3v) is 6.72. The first-order chi connectivity index (χ1) is 17.1. The van der Waals surface area contributed by atoms with Crippen LogP contribution in [0, 0.1) is 0 Å². The summed E-state index contributed by atoms with van der Waals surface area (Å²) in [6, 6.07) is 31.3. The Bertz CT molecular complexity index is 1820. The summed E-state index contributed by atoms with van der Waals surface area (Å²) >= 11 is 0. The summed E-state index contributed by atoms with van der Waals surface area (Å²) in [4.78, 5) is 30.7. The molecule has 0 saturated carbocycles. The fourth-order valence-corrected chi connectivity index (χ4v) is 4.88. The molecule has 0 aliphatic carbocycles. The lowest BCUT2D eigenvalue weighted by Crippen LogP contribution is -2.18. The van der Waals surface area contributed by atoms with Crippen LogP contribution in [0.1, 0.15) is 15.9 Å². The molecular formula is C31H22N2O2. The lowest BCUT2D eigenvalue weighted by molar-refractivity contribution is 0.0993. The number of para-hydroxylation sites is 1. The van der Waals surface area contributed by atoms with E-state index in [2.05, 4.69) is 23.2 Å². The summed E-state index contributed by atoms with van der Waals surface area (Å²) in [6.07, 6.45) is 2.04. The Hall–Kier alpha value is -4.57. The third-order valence-electron chi connectivity index (χ3n) is 6.72. The Morgan fingerprint density at radius 3 is 2.40 bits per heavy atom. The Balaban J connectivity index is 1.35. The minimum Gasteiger partial charge on any atom is -0.311 e. The van der Waals surface area contributed by atoms with Crippen LogP contribution in [0.5, 0.6) is 0 Å². The lowest BCUT2D eigenvalue weighted by atomic mass is 9.95. The van der Waals surface area contributed by atoms with Crippen molar-refractivity contribution < 1.29 is 4.79 Å². The number of benzene rings is 4. The second-order valence-corrected chi connectivity index (χ2v) is 8.81. The number of pyridine rings is 2. The molecule has 0 atom stereocenters. The monoisotopic (exact) mass is 454 g/mol. The SMILES string of the molecule is Cn1c(=O)c(-c2ccc(C(=O)Cc3ccnc4ccc5ccccc5c34)cc2)cc2ccccc21. The average Bonchev–Trinajstić information content (AvgIpc) is 2.91. The van der Waals surface area contributed by atoms with Crippen molar-refractivity contribution >= 4 is 38.4 Å². The van der Waals surface area contributed by atoms with E-state index >= 15 is 0 Å². The second-order valence-electron chi connectivity index (χ2n) is 8.81. The molecule has 4 heteroatoms. The first kappa shape index (κ1) is 21.0. The predicted molar refractivity (Wildman–Crippen MR) is 142 cm³/mol. The topological polar surface area (TPSA) is 52.0 Å². The molecule has 6 rings (SSSR count). The van der Waals surface area contributed by atoms with Crippen molar-refractivity contribution in [2.45, 2.75) is 6.42 Å². The molecule has 0 saturated heterocycles. The summed E-state index contributed by atoms with van der Waals surface area (Å²) in [5, 5.41) is 4.25. The van der Waals surface area contributed by atoms with Crippen molar-refractivity contribution in [3.05, 3.63) is 125 Å². The molecule has 4 aromatic carbocycles. The van der Waals surface area contributed by atoms with E-state index in [1.807, 2.05) is 78.9 Å². The van der Waals surface area contributed by atoms with Crippen molar-refractivity contribution in [3.8, 4) is 11.1 Å². The fourth-order valence-electron chi connectivity index (χ4n) is 4.88. The van der Waals surface area contributed by atoms with Crippen molar-refractivity contribution in [3.63, 3.8) is 0 Å². The van der Waals surface area contributed by atoms with E-state index in [0.717, 1.165) is 43.7 Å². The summed E-state index contributed by atoms with van der Waals surface area (Å²) in [5.74, 6) is 0.0309. The maximum absolute atomic E-state index is 13.3. The van der Waals surface area contributed by atoms with Gasteiger partial charge in [0.05, 0.1) is 11.0 Å². The highest BCUT2D eigenvalue weighted by Gasteiger charge is 2.14. The number of hydrogen-bond acceptors (Lipinski definition) is 3. The largest absolute Gasteiger partial charge is 0.311 e. The molecule has 0 unspecified atom stereocenters. The van der Waals surface area contributed by atoms with Gasteiger partial charge < -0.3 is 4.57 Å². The number of carbonyl (C=O) groups is 1. The van der Waals surface area contributed by atoms with Gasteiger partial charge in [0.1, 0.15) is 0 Å². The van der Waals surface area contributed by atoms with E-state index in [-0.39, 0.29) is 17.8 Å². The van der Waals surface area contributed by atoms with Crippen LogP contribution in [0.2, 0.25) is 0 Å². The number of nitrogens with zero attached hydrogens (tertiary/aromatic N) is 2. The van der Waals surface area contributed by atoms with Gasteiger partial charge in [0.2, 0.25) is 0 Å². The van der Waals surface area contributed by atoms with Gasteiger partial charge in [-0.1, -0.05) is 72.8 Å². The summed E-state index contributed by atoms with van der Waals surface area (Å²) in [6.45, 7) is 0. The maximum atomic E-state index is 13.3. The number of aromatic nitrogens is 2. The first-order valence-corrected chi connectivity index (χ1v) is 11.6.